The van der Waals surface area contributed by atoms with Crippen LogP contribution in [-0.4, -0.2) is 48.8 Å². The molecule has 0 aliphatic carbocycles. The first-order valence-electron chi connectivity index (χ1n) is 5.58. The molecule has 0 spiro atoms. The Labute approximate surface area is 92.2 Å². The monoisotopic (exact) mass is 217 g/mol. The van der Waals surface area contributed by atoms with E-state index in [0.29, 0.717) is 12.5 Å². The molecule has 0 aromatic carbocycles. The number of carboxylic acids is 1. The Morgan fingerprint density at radius 3 is 2.60 bits per heavy atom. The van der Waals surface area contributed by atoms with Crippen molar-refractivity contribution in [3.63, 3.8) is 0 Å². The van der Waals surface area contributed by atoms with Gasteiger partial charge >= 0.3 is 5.97 Å². The Morgan fingerprint density at radius 1 is 1.47 bits per heavy atom. The number of rotatable bonds is 9. The first-order chi connectivity index (χ1) is 7.06. The van der Waals surface area contributed by atoms with Crippen molar-refractivity contribution in [1.82, 2.24) is 4.90 Å². The van der Waals surface area contributed by atoms with E-state index in [2.05, 4.69) is 13.8 Å². The second-order valence-corrected chi connectivity index (χ2v) is 4.07. The standard InChI is InChI=1S/C11H23NO3/c1-4-15-7-5-6-12(8-10(2)3)9-11(13)14/h10H,4-9H2,1-3H3,(H,13,14). The van der Waals surface area contributed by atoms with Gasteiger partial charge in [0.2, 0.25) is 0 Å². The molecule has 0 aromatic rings. The fraction of sp³-hybridized carbons (Fsp3) is 0.909. The van der Waals surface area contributed by atoms with E-state index < -0.39 is 5.97 Å². The van der Waals surface area contributed by atoms with Crippen molar-refractivity contribution in [1.29, 1.82) is 0 Å². The van der Waals surface area contributed by atoms with E-state index in [1.807, 2.05) is 11.8 Å². The van der Waals surface area contributed by atoms with E-state index in [1.165, 1.54) is 0 Å². The van der Waals surface area contributed by atoms with Gasteiger partial charge in [-0.05, 0) is 19.3 Å². The lowest BCUT2D eigenvalue weighted by atomic mass is 10.2. The van der Waals surface area contributed by atoms with Crippen LogP contribution in [0, 0.1) is 5.92 Å². The Bertz CT molecular complexity index is 171. The molecular formula is C11H23NO3. The number of hydrogen-bond acceptors (Lipinski definition) is 3. The van der Waals surface area contributed by atoms with Crippen LogP contribution in [0.1, 0.15) is 27.2 Å². The molecule has 0 aromatic heterocycles. The van der Waals surface area contributed by atoms with Crippen molar-refractivity contribution in [3.05, 3.63) is 0 Å². The molecule has 0 heterocycles. The molecule has 0 radical (unpaired) electrons. The van der Waals surface area contributed by atoms with Gasteiger partial charge in [-0.15, -0.1) is 0 Å². The molecule has 0 unspecified atom stereocenters. The molecular weight excluding hydrogens is 194 g/mol. The third-order valence-electron chi connectivity index (χ3n) is 1.95. The SMILES string of the molecule is CCOCCCN(CC(=O)O)CC(C)C. The smallest absolute Gasteiger partial charge is 0.317 e. The van der Waals surface area contributed by atoms with E-state index in [4.69, 9.17) is 9.84 Å². The third-order valence-corrected chi connectivity index (χ3v) is 1.95. The molecule has 15 heavy (non-hydrogen) atoms. The molecule has 0 aliphatic rings. The maximum absolute atomic E-state index is 10.6. The molecule has 0 atom stereocenters. The lowest BCUT2D eigenvalue weighted by Crippen LogP contribution is -2.34. The van der Waals surface area contributed by atoms with Gasteiger partial charge < -0.3 is 9.84 Å². The van der Waals surface area contributed by atoms with Gasteiger partial charge in [-0.25, -0.2) is 0 Å². The molecule has 4 nitrogen and oxygen atoms in total. The third kappa shape index (κ3) is 9.69. The minimum Gasteiger partial charge on any atom is -0.480 e. The van der Waals surface area contributed by atoms with Crippen molar-refractivity contribution >= 4 is 5.97 Å². The van der Waals surface area contributed by atoms with Crippen LogP contribution in [0.4, 0.5) is 0 Å². The van der Waals surface area contributed by atoms with Gasteiger partial charge in [-0.3, -0.25) is 9.69 Å². The van der Waals surface area contributed by atoms with Crippen LogP contribution >= 0.6 is 0 Å². The molecule has 0 saturated heterocycles. The largest absolute Gasteiger partial charge is 0.480 e. The molecule has 1 N–H and O–H groups in total. The Balaban J connectivity index is 3.74. The molecule has 0 aliphatic heterocycles. The number of hydrogen-bond donors (Lipinski definition) is 1. The number of aliphatic carboxylic acids is 1. The summed E-state index contributed by atoms with van der Waals surface area (Å²) < 4.78 is 5.22. The zero-order valence-corrected chi connectivity index (χ0v) is 10.0. The number of nitrogens with zero attached hydrogens (tertiary/aromatic N) is 1. The quantitative estimate of drug-likeness (QED) is 0.594. The van der Waals surface area contributed by atoms with Crippen molar-refractivity contribution in [2.75, 3.05) is 32.8 Å². The predicted octanol–water partition coefficient (Wildman–Crippen LogP) is 1.46. The summed E-state index contributed by atoms with van der Waals surface area (Å²) in [6, 6.07) is 0. The second kappa shape index (κ2) is 8.68. The Hall–Kier alpha value is -0.610. The molecule has 0 amide bonds. The summed E-state index contributed by atoms with van der Waals surface area (Å²) in [5.41, 5.74) is 0. The van der Waals surface area contributed by atoms with Crippen molar-refractivity contribution in [2.45, 2.75) is 27.2 Å². The summed E-state index contributed by atoms with van der Waals surface area (Å²) in [7, 11) is 0. The van der Waals surface area contributed by atoms with E-state index in [9.17, 15) is 4.79 Å². The lowest BCUT2D eigenvalue weighted by Gasteiger charge is -2.22. The van der Waals surface area contributed by atoms with Crippen molar-refractivity contribution in [2.24, 2.45) is 5.92 Å². The molecule has 90 valence electrons. The normalized spacial score (nSPS) is 11.3. The van der Waals surface area contributed by atoms with Crippen LogP contribution in [-0.2, 0) is 9.53 Å². The Kier molecular flexibility index (Phi) is 8.33. The summed E-state index contributed by atoms with van der Waals surface area (Å²) in [5.74, 6) is -0.261. The van der Waals surface area contributed by atoms with Gasteiger partial charge in [0.25, 0.3) is 0 Å². The molecule has 0 rings (SSSR count). The molecule has 0 fully saturated rings. The maximum Gasteiger partial charge on any atom is 0.317 e. The molecule has 4 heteroatoms. The van der Waals surface area contributed by atoms with Crippen LogP contribution in [0.2, 0.25) is 0 Å². The van der Waals surface area contributed by atoms with Gasteiger partial charge in [0.15, 0.2) is 0 Å². The molecule has 0 bridgehead atoms. The average molecular weight is 217 g/mol. The van der Waals surface area contributed by atoms with Crippen LogP contribution in [0.15, 0.2) is 0 Å². The van der Waals surface area contributed by atoms with Crippen LogP contribution < -0.4 is 0 Å². The van der Waals surface area contributed by atoms with E-state index in [-0.39, 0.29) is 6.54 Å². The highest BCUT2D eigenvalue weighted by molar-refractivity contribution is 5.69. The summed E-state index contributed by atoms with van der Waals surface area (Å²) in [4.78, 5) is 12.6. The minimum absolute atomic E-state index is 0.129. The van der Waals surface area contributed by atoms with Gasteiger partial charge in [0.1, 0.15) is 0 Å². The lowest BCUT2D eigenvalue weighted by molar-refractivity contribution is -0.138. The minimum atomic E-state index is -0.757. The molecule has 0 saturated carbocycles. The first kappa shape index (κ1) is 14.4. The predicted molar refractivity (Wildman–Crippen MR) is 60.0 cm³/mol. The summed E-state index contributed by atoms with van der Waals surface area (Å²) >= 11 is 0. The number of carbonyl (C=O) groups is 1. The van der Waals surface area contributed by atoms with E-state index in [1.54, 1.807) is 0 Å². The maximum atomic E-state index is 10.6. The topological polar surface area (TPSA) is 49.8 Å². The highest BCUT2D eigenvalue weighted by Crippen LogP contribution is 2.00. The number of ether oxygens (including phenoxy) is 1. The van der Waals surface area contributed by atoms with E-state index in [0.717, 1.165) is 26.1 Å². The van der Waals surface area contributed by atoms with Crippen LogP contribution in [0.5, 0.6) is 0 Å². The highest BCUT2D eigenvalue weighted by Gasteiger charge is 2.10. The van der Waals surface area contributed by atoms with Gasteiger partial charge in [-0.1, -0.05) is 13.8 Å². The first-order valence-corrected chi connectivity index (χ1v) is 5.58. The zero-order valence-electron chi connectivity index (χ0n) is 10.0. The summed E-state index contributed by atoms with van der Waals surface area (Å²) in [5, 5.41) is 8.73. The second-order valence-electron chi connectivity index (χ2n) is 4.07. The zero-order chi connectivity index (χ0) is 11.7. The van der Waals surface area contributed by atoms with Gasteiger partial charge in [-0.2, -0.15) is 0 Å². The number of carboxylic acid groups (broad SMARTS) is 1. The fourth-order valence-corrected chi connectivity index (χ4v) is 1.48. The highest BCUT2D eigenvalue weighted by atomic mass is 16.5. The van der Waals surface area contributed by atoms with Gasteiger partial charge in [0, 0.05) is 26.3 Å². The van der Waals surface area contributed by atoms with Crippen molar-refractivity contribution in [3.8, 4) is 0 Å². The van der Waals surface area contributed by atoms with E-state index >= 15 is 0 Å². The summed E-state index contributed by atoms with van der Waals surface area (Å²) in [6.45, 7) is 9.35. The Morgan fingerprint density at radius 2 is 2.13 bits per heavy atom. The van der Waals surface area contributed by atoms with Crippen LogP contribution in [0.3, 0.4) is 0 Å². The van der Waals surface area contributed by atoms with Gasteiger partial charge in [0.05, 0.1) is 6.54 Å². The summed E-state index contributed by atoms with van der Waals surface area (Å²) in [6.07, 6.45) is 0.897. The van der Waals surface area contributed by atoms with Crippen molar-refractivity contribution < 1.29 is 14.6 Å². The average Bonchev–Trinajstić information content (AvgIpc) is 2.10. The van der Waals surface area contributed by atoms with Crippen LogP contribution in [0.25, 0.3) is 0 Å². The fourth-order valence-electron chi connectivity index (χ4n) is 1.48.